The summed E-state index contributed by atoms with van der Waals surface area (Å²) in [5, 5.41) is 12.9. The third-order valence-corrected chi connectivity index (χ3v) is 5.18. The molecule has 0 spiro atoms. The van der Waals surface area contributed by atoms with E-state index in [9.17, 15) is 9.59 Å². The van der Waals surface area contributed by atoms with Crippen molar-refractivity contribution in [1.82, 2.24) is 4.57 Å². The SMILES string of the molecule is Cc1cc(C(=O)COC(=O)c2ccccc2NCCO)c(C)n1-c1cc(Cl)cc(Cl)c1. The van der Waals surface area contributed by atoms with Gasteiger partial charge in [0, 0.05) is 44.9 Å². The molecular formula is C23H22Cl2N2O4. The third-order valence-electron chi connectivity index (χ3n) is 4.75. The molecule has 0 radical (unpaired) electrons. The highest BCUT2D eigenvalue weighted by atomic mass is 35.5. The number of nitrogens with one attached hydrogen (secondary N) is 1. The third kappa shape index (κ3) is 5.28. The number of rotatable bonds is 8. The maximum Gasteiger partial charge on any atom is 0.340 e. The van der Waals surface area contributed by atoms with Gasteiger partial charge in [-0.05, 0) is 50.2 Å². The van der Waals surface area contributed by atoms with Crippen LogP contribution in [0, 0.1) is 13.8 Å². The van der Waals surface area contributed by atoms with Crippen molar-refractivity contribution in [2.75, 3.05) is 25.1 Å². The Bertz CT molecular complexity index is 1100. The average Bonchev–Trinajstić information content (AvgIpc) is 3.03. The van der Waals surface area contributed by atoms with Gasteiger partial charge in [-0.1, -0.05) is 35.3 Å². The van der Waals surface area contributed by atoms with Gasteiger partial charge in [0.25, 0.3) is 0 Å². The number of benzene rings is 2. The number of carbonyl (C=O) groups excluding carboxylic acids is 2. The molecule has 1 heterocycles. The number of hydrogen-bond donors (Lipinski definition) is 2. The number of anilines is 1. The van der Waals surface area contributed by atoms with Gasteiger partial charge in [-0.25, -0.2) is 4.79 Å². The predicted octanol–water partition coefficient (Wildman–Crippen LogP) is 4.84. The van der Waals surface area contributed by atoms with Crippen LogP contribution in [-0.4, -0.2) is 41.2 Å². The standard InChI is InChI=1S/C23H22Cl2N2O4/c1-14-9-20(15(2)27(14)18-11-16(24)10-17(25)12-18)22(29)13-31-23(30)19-5-3-4-6-21(19)26-7-8-28/h3-6,9-12,26,28H,7-8,13H2,1-2H3. The number of aliphatic hydroxyl groups excluding tert-OH is 1. The van der Waals surface area contributed by atoms with Crippen LogP contribution < -0.4 is 5.32 Å². The Morgan fingerprint density at radius 2 is 1.71 bits per heavy atom. The summed E-state index contributed by atoms with van der Waals surface area (Å²) >= 11 is 12.2. The van der Waals surface area contributed by atoms with E-state index in [1.54, 1.807) is 48.5 Å². The molecule has 0 fully saturated rings. The molecule has 0 aliphatic heterocycles. The first-order valence-electron chi connectivity index (χ1n) is 9.61. The average molecular weight is 461 g/mol. The van der Waals surface area contributed by atoms with Gasteiger partial charge in [-0.2, -0.15) is 0 Å². The lowest BCUT2D eigenvalue weighted by molar-refractivity contribution is 0.0475. The number of ketones is 1. The van der Waals surface area contributed by atoms with Crippen LogP contribution >= 0.6 is 23.2 Å². The number of carbonyl (C=O) groups is 2. The molecule has 2 aromatic carbocycles. The van der Waals surface area contributed by atoms with Gasteiger partial charge in [-0.3, -0.25) is 4.79 Å². The summed E-state index contributed by atoms with van der Waals surface area (Å²) in [4.78, 5) is 25.3. The molecular weight excluding hydrogens is 439 g/mol. The van der Waals surface area contributed by atoms with Crippen LogP contribution in [0.15, 0.2) is 48.5 Å². The summed E-state index contributed by atoms with van der Waals surface area (Å²) in [6.07, 6.45) is 0. The molecule has 31 heavy (non-hydrogen) atoms. The van der Waals surface area contributed by atoms with Crippen LogP contribution in [0.25, 0.3) is 5.69 Å². The molecule has 0 amide bonds. The Kier molecular flexibility index (Phi) is 7.38. The van der Waals surface area contributed by atoms with Gasteiger partial charge in [0.2, 0.25) is 5.78 Å². The lowest BCUT2D eigenvalue weighted by atomic mass is 10.1. The monoisotopic (exact) mass is 460 g/mol. The second kappa shape index (κ2) is 10.0. The Labute approximate surface area is 190 Å². The molecule has 2 N–H and O–H groups in total. The fraction of sp³-hybridized carbons (Fsp3) is 0.217. The smallest absolute Gasteiger partial charge is 0.340 e. The molecule has 162 valence electrons. The first kappa shape index (κ1) is 22.9. The number of nitrogens with zero attached hydrogens (tertiary/aromatic N) is 1. The van der Waals surface area contributed by atoms with Gasteiger partial charge in [0.1, 0.15) is 0 Å². The van der Waals surface area contributed by atoms with Crippen LogP contribution in [-0.2, 0) is 4.74 Å². The fourth-order valence-electron chi connectivity index (χ4n) is 3.40. The second-order valence-corrected chi connectivity index (χ2v) is 7.82. The van der Waals surface area contributed by atoms with E-state index in [1.807, 2.05) is 18.4 Å². The normalized spacial score (nSPS) is 10.7. The van der Waals surface area contributed by atoms with Crippen molar-refractivity contribution in [2.24, 2.45) is 0 Å². The fourth-order valence-corrected chi connectivity index (χ4v) is 3.92. The quantitative estimate of drug-likeness (QED) is 0.371. The zero-order valence-corrected chi connectivity index (χ0v) is 18.6. The molecule has 0 aliphatic carbocycles. The summed E-state index contributed by atoms with van der Waals surface area (Å²) in [5.41, 5.74) is 3.54. The molecule has 8 heteroatoms. The Morgan fingerprint density at radius 3 is 2.39 bits per heavy atom. The number of halogens is 2. The minimum Gasteiger partial charge on any atom is -0.454 e. The number of para-hydroxylation sites is 1. The Hall–Kier alpha value is -2.80. The number of esters is 1. The van der Waals surface area contributed by atoms with Crippen molar-refractivity contribution in [3.8, 4) is 5.69 Å². The van der Waals surface area contributed by atoms with Gasteiger partial charge in [0.15, 0.2) is 6.61 Å². The molecule has 0 unspecified atom stereocenters. The van der Waals surface area contributed by atoms with E-state index in [1.165, 1.54) is 0 Å². The molecule has 0 saturated carbocycles. The molecule has 0 aliphatic rings. The number of Topliss-reactive ketones (excluding diaryl/α,β-unsaturated/α-hetero) is 1. The molecule has 0 bridgehead atoms. The largest absolute Gasteiger partial charge is 0.454 e. The lowest BCUT2D eigenvalue weighted by Crippen LogP contribution is -2.17. The summed E-state index contributed by atoms with van der Waals surface area (Å²) in [5.74, 6) is -0.938. The van der Waals surface area contributed by atoms with E-state index in [0.29, 0.717) is 39.1 Å². The van der Waals surface area contributed by atoms with E-state index in [2.05, 4.69) is 5.32 Å². The van der Waals surface area contributed by atoms with E-state index in [0.717, 1.165) is 11.4 Å². The van der Waals surface area contributed by atoms with Gasteiger partial charge < -0.3 is 19.7 Å². The maximum absolute atomic E-state index is 12.8. The molecule has 1 aromatic heterocycles. The molecule has 3 rings (SSSR count). The van der Waals surface area contributed by atoms with Crippen molar-refractivity contribution in [2.45, 2.75) is 13.8 Å². The highest BCUT2D eigenvalue weighted by Crippen LogP contribution is 2.27. The summed E-state index contributed by atoms with van der Waals surface area (Å²) in [6.45, 7) is 3.50. The number of aliphatic hydroxyl groups is 1. The predicted molar refractivity (Wildman–Crippen MR) is 122 cm³/mol. The van der Waals surface area contributed by atoms with Crippen LogP contribution in [0.4, 0.5) is 5.69 Å². The van der Waals surface area contributed by atoms with Crippen LogP contribution in [0.5, 0.6) is 0 Å². The Balaban J connectivity index is 1.77. The van der Waals surface area contributed by atoms with Crippen LogP contribution in [0.3, 0.4) is 0 Å². The molecule has 0 atom stereocenters. The van der Waals surface area contributed by atoms with E-state index in [-0.39, 0.29) is 12.4 Å². The molecule has 3 aromatic rings. The van der Waals surface area contributed by atoms with E-state index in [4.69, 9.17) is 33.0 Å². The van der Waals surface area contributed by atoms with E-state index < -0.39 is 12.6 Å². The zero-order chi connectivity index (χ0) is 22.5. The zero-order valence-electron chi connectivity index (χ0n) is 17.1. The summed E-state index contributed by atoms with van der Waals surface area (Å²) < 4.78 is 7.15. The van der Waals surface area contributed by atoms with Crippen molar-refractivity contribution in [3.63, 3.8) is 0 Å². The first-order valence-corrected chi connectivity index (χ1v) is 10.4. The first-order chi connectivity index (χ1) is 14.8. The van der Waals surface area contributed by atoms with E-state index >= 15 is 0 Å². The van der Waals surface area contributed by atoms with Crippen molar-refractivity contribution >= 4 is 40.6 Å². The molecule has 6 nitrogen and oxygen atoms in total. The van der Waals surface area contributed by atoms with Gasteiger partial charge in [0.05, 0.1) is 12.2 Å². The van der Waals surface area contributed by atoms with Crippen LogP contribution in [0.2, 0.25) is 10.0 Å². The number of aryl methyl sites for hydroxylation is 1. The molecule has 0 saturated heterocycles. The number of hydrogen-bond acceptors (Lipinski definition) is 5. The Morgan fingerprint density at radius 1 is 1.03 bits per heavy atom. The van der Waals surface area contributed by atoms with Gasteiger partial charge in [-0.15, -0.1) is 0 Å². The highest BCUT2D eigenvalue weighted by molar-refractivity contribution is 6.34. The topological polar surface area (TPSA) is 80.6 Å². The van der Waals surface area contributed by atoms with Crippen molar-refractivity contribution in [1.29, 1.82) is 0 Å². The second-order valence-electron chi connectivity index (χ2n) is 6.94. The maximum atomic E-state index is 12.8. The summed E-state index contributed by atoms with van der Waals surface area (Å²) in [7, 11) is 0. The number of ether oxygens (including phenoxy) is 1. The minimum absolute atomic E-state index is 0.0741. The lowest BCUT2D eigenvalue weighted by Gasteiger charge is -2.12. The number of aromatic nitrogens is 1. The minimum atomic E-state index is -0.621. The highest BCUT2D eigenvalue weighted by Gasteiger charge is 2.20. The van der Waals surface area contributed by atoms with Crippen LogP contribution in [0.1, 0.15) is 32.1 Å². The van der Waals surface area contributed by atoms with Gasteiger partial charge >= 0.3 is 5.97 Å². The summed E-state index contributed by atoms with van der Waals surface area (Å²) in [6, 6.07) is 13.7. The van der Waals surface area contributed by atoms with Crippen molar-refractivity contribution in [3.05, 3.63) is 81.1 Å². The van der Waals surface area contributed by atoms with Crippen molar-refractivity contribution < 1.29 is 19.4 Å².